The Labute approximate surface area is 101 Å². The van der Waals surface area contributed by atoms with E-state index < -0.39 is 0 Å². The van der Waals surface area contributed by atoms with Gasteiger partial charge in [0.1, 0.15) is 12.2 Å². The molecular weight excluding hydrogens is 220 g/mol. The number of nitrogens with zero attached hydrogens (tertiary/aromatic N) is 3. The molecule has 1 aliphatic carbocycles. The van der Waals surface area contributed by atoms with Crippen LogP contribution in [0.5, 0.6) is 0 Å². The Morgan fingerprint density at radius 2 is 2.38 bits per heavy atom. The lowest BCUT2D eigenvalue weighted by molar-refractivity contribution is 0.540. The lowest BCUT2D eigenvalue weighted by Gasteiger charge is -2.12. The van der Waals surface area contributed by atoms with Crippen molar-refractivity contribution >= 4 is 11.8 Å². The van der Waals surface area contributed by atoms with Gasteiger partial charge in [0.15, 0.2) is 0 Å². The summed E-state index contributed by atoms with van der Waals surface area (Å²) in [4.78, 5) is 4.28. The van der Waals surface area contributed by atoms with Crippen LogP contribution in [0.15, 0.2) is 6.33 Å². The normalized spacial score (nSPS) is 17.6. The highest BCUT2D eigenvalue weighted by molar-refractivity contribution is 8.00. The third kappa shape index (κ3) is 2.77. The first-order chi connectivity index (χ1) is 7.79. The van der Waals surface area contributed by atoms with Gasteiger partial charge in [-0.1, -0.05) is 6.92 Å². The van der Waals surface area contributed by atoms with E-state index in [9.17, 15) is 0 Å². The molecule has 1 aromatic rings. The van der Waals surface area contributed by atoms with Gasteiger partial charge in [-0.3, -0.25) is 0 Å². The lowest BCUT2D eigenvalue weighted by atomic mass is 10.4. The Balaban J connectivity index is 1.78. The summed E-state index contributed by atoms with van der Waals surface area (Å²) in [5, 5.41) is 7.71. The molecule has 1 aromatic heterocycles. The highest BCUT2D eigenvalue weighted by Gasteiger charge is 2.41. The molecule has 90 valence electrons. The molecule has 1 saturated carbocycles. The fraction of sp³-hybridized carbons (Fsp3) is 0.818. The van der Waals surface area contributed by atoms with Crippen LogP contribution in [0.1, 0.15) is 32.0 Å². The predicted molar refractivity (Wildman–Crippen MR) is 67.5 cm³/mol. The second kappa shape index (κ2) is 5.19. The van der Waals surface area contributed by atoms with E-state index in [1.54, 1.807) is 6.33 Å². The smallest absolute Gasteiger partial charge is 0.140 e. The molecule has 0 unspecified atom stereocenters. The van der Waals surface area contributed by atoms with Crippen molar-refractivity contribution in [1.29, 1.82) is 0 Å². The first kappa shape index (κ1) is 11.9. The summed E-state index contributed by atoms with van der Waals surface area (Å²) in [6.45, 7) is 5.05. The molecule has 0 radical (unpaired) electrons. The van der Waals surface area contributed by atoms with Crippen LogP contribution in [-0.4, -0.2) is 32.3 Å². The number of rotatable bonds is 7. The fourth-order valence-electron chi connectivity index (χ4n) is 1.82. The Hall–Kier alpha value is -0.550. The van der Waals surface area contributed by atoms with Gasteiger partial charge in [-0.2, -0.15) is 16.9 Å². The molecule has 1 fully saturated rings. The zero-order valence-electron chi connectivity index (χ0n) is 10.1. The Morgan fingerprint density at radius 3 is 3.00 bits per heavy atom. The number of aromatic nitrogens is 3. The Bertz CT molecular complexity index is 332. The van der Waals surface area contributed by atoms with Gasteiger partial charge in [-0.05, 0) is 25.5 Å². The van der Waals surface area contributed by atoms with Gasteiger partial charge in [0.05, 0.1) is 6.54 Å². The molecule has 1 N–H and O–H groups in total. The molecule has 0 aromatic carbocycles. The summed E-state index contributed by atoms with van der Waals surface area (Å²) < 4.78 is 2.52. The van der Waals surface area contributed by atoms with Crippen molar-refractivity contribution in [2.75, 3.05) is 12.8 Å². The zero-order chi connectivity index (χ0) is 11.4. The Morgan fingerprint density at radius 1 is 1.56 bits per heavy atom. The minimum atomic E-state index is 0.523. The van der Waals surface area contributed by atoms with Crippen molar-refractivity contribution in [3.05, 3.63) is 12.2 Å². The summed E-state index contributed by atoms with van der Waals surface area (Å²) in [5.74, 6) is 1.05. The first-order valence-electron chi connectivity index (χ1n) is 5.92. The molecule has 0 bridgehead atoms. The summed E-state index contributed by atoms with van der Waals surface area (Å²) in [7, 11) is 0. The maximum Gasteiger partial charge on any atom is 0.140 e. The third-order valence-electron chi connectivity index (χ3n) is 3.10. The van der Waals surface area contributed by atoms with Gasteiger partial charge in [-0.15, -0.1) is 0 Å². The fourth-order valence-corrected chi connectivity index (χ4v) is 2.57. The van der Waals surface area contributed by atoms with Crippen LogP contribution in [0, 0.1) is 0 Å². The maximum atomic E-state index is 4.28. The van der Waals surface area contributed by atoms with Crippen LogP contribution in [-0.2, 0) is 13.1 Å². The van der Waals surface area contributed by atoms with Gasteiger partial charge >= 0.3 is 0 Å². The van der Waals surface area contributed by atoms with E-state index in [1.807, 2.05) is 16.4 Å². The van der Waals surface area contributed by atoms with Gasteiger partial charge in [0.25, 0.3) is 0 Å². The van der Waals surface area contributed by atoms with E-state index in [0.29, 0.717) is 4.75 Å². The number of hydrogen-bond acceptors (Lipinski definition) is 4. The van der Waals surface area contributed by atoms with Crippen LogP contribution < -0.4 is 5.32 Å². The molecule has 0 spiro atoms. The molecule has 1 heterocycles. The zero-order valence-corrected chi connectivity index (χ0v) is 10.9. The molecule has 2 rings (SSSR count). The average Bonchev–Trinajstić information content (AvgIpc) is 2.95. The van der Waals surface area contributed by atoms with E-state index in [0.717, 1.165) is 31.9 Å². The summed E-state index contributed by atoms with van der Waals surface area (Å²) in [6.07, 6.45) is 7.65. The number of nitrogens with one attached hydrogen (secondary N) is 1. The summed E-state index contributed by atoms with van der Waals surface area (Å²) >= 11 is 1.98. The number of thioether (sulfide) groups is 1. The van der Waals surface area contributed by atoms with Crippen LogP contribution >= 0.6 is 11.8 Å². The van der Waals surface area contributed by atoms with Crippen molar-refractivity contribution < 1.29 is 0 Å². The highest BCUT2D eigenvalue weighted by atomic mass is 32.2. The van der Waals surface area contributed by atoms with Gasteiger partial charge in [0, 0.05) is 17.8 Å². The molecule has 4 nitrogen and oxygen atoms in total. The van der Waals surface area contributed by atoms with Crippen molar-refractivity contribution in [3.63, 3.8) is 0 Å². The molecule has 0 saturated heterocycles. The largest absolute Gasteiger partial charge is 0.308 e. The third-order valence-corrected chi connectivity index (χ3v) is 4.52. The topological polar surface area (TPSA) is 42.7 Å². The molecule has 0 atom stereocenters. The minimum Gasteiger partial charge on any atom is -0.308 e. The van der Waals surface area contributed by atoms with Crippen LogP contribution in [0.2, 0.25) is 0 Å². The highest BCUT2D eigenvalue weighted by Crippen LogP contribution is 2.46. The quantitative estimate of drug-likeness (QED) is 0.787. The Kier molecular flexibility index (Phi) is 3.86. The van der Waals surface area contributed by atoms with Crippen molar-refractivity contribution in [3.8, 4) is 0 Å². The molecule has 16 heavy (non-hydrogen) atoms. The van der Waals surface area contributed by atoms with Crippen molar-refractivity contribution in [1.82, 2.24) is 20.1 Å². The average molecular weight is 240 g/mol. The van der Waals surface area contributed by atoms with Crippen LogP contribution in [0.4, 0.5) is 0 Å². The van der Waals surface area contributed by atoms with Crippen LogP contribution in [0.3, 0.4) is 0 Å². The van der Waals surface area contributed by atoms with E-state index in [4.69, 9.17) is 0 Å². The second-order valence-electron chi connectivity index (χ2n) is 4.39. The first-order valence-corrected chi connectivity index (χ1v) is 7.15. The van der Waals surface area contributed by atoms with Gasteiger partial charge in [0.2, 0.25) is 0 Å². The van der Waals surface area contributed by atoms with Crippen molar-refractivity contribution in [2.45, 2.75) is 44.0 Å². The maximum absolute atomic E-state index is 4.28. The van der Waals surface area contributed by atoms with Crippen molar-refractivity contribution in [2.24, 2.45) is 0 Å². The second-order valence-corrected chi connectivity index (χ2v) is 5.66. The summed E-state index contributed by atoms with van der Waals surface area (Å²) in [6, 6.07) is 0. The minimum absolute atomic E-state index is 0.523. The van der Waals surface area contributed by atoms with Gasteiger partial charge < -0.3 is 5.32 Å². The van der Waals surface area contributed by atoms with Gasteiger partial charge in [-0.25, -0.2) is 9.67 Å². The van der Waals surface area contributed by atoms with E-state index >= 15 is 0 Å². The molecule has 0 amide bonds. The standard InChI is InChI=1S/C11H20N4S/c1-3-6-15-10(13-9-14-15)7-12-8-11(16-2)4-5-11/h9,12H,3-8H2,1-2H3. The molecule has 0 aliphatic heterocycles. The lowest BCUT2D eigenvalue weighted by Crippen LogP contribution is -2.27. The predicted octanol–water partition coefficient (Wildman–Crippen LogP) is 1.67. The van der Waals surface area contributed by atoms with E-state index in [1.165, 1.54) is 12.8 Å². The monoisotopic (exact) mass is 240 g/mol. The van der Waals surface area contributed by atoms with Crippen LogP contribution in [0.25, 0.3) is 0 Å². The SMILES string of the molecule is CCCn1ncnc1CNCC1(SC)CC1. The summed E-state index contributed by atoms with van der Waals surface area (Å²) in [5.41, 5.74) is 0. The molecule has 1 aliphatic rings. The number of aryl methyl sites for hydroxylation is 1. The molecular formula is C11H20N4S. The van der Waals surface area contributed by atoms with E-state index in [-0.39, 0.29) is 0 Å². The number of hydrogen-bond donors (Lipinski definition) is 1. The van der Waals surface area contributed by atoms with E-state index in [2.05, 4.69) is 28.6 Å². The molecule has 5 heteroatoms.